The van der Waals surface area contributed by atoms with E-state index in [4.69, 9.17) is 5.73 Å². The van der Waals surface area contributed by atoms with Crippen LogP contribution in [-0.2, 0) is 0 Å². The van der Waals surface area contributed by atoms with Crippen molar-refractivity contribution in [2.24, 2.45) is 5.73 Å². The molecular weight excluding hydrogens is 272 g/mol. The van der Waals surface area contributed by atoms with Crippen molar-refractivity contribution in [1.29, 1.82) is 0 Å². The molecule has 5 heteroatoms. The Bertz CT molecular complexity index is 486. The zero-order valence-corrected chi connectivity index (χ0v) is 13.1. The van der Waals surface area contributed by atoms with E-state index < -0.39 is 17.7 Å². The maximum atomic E-state index is 13.8. The Hall–Kier alpha value is -1.04. The molecule has 21 heavy (non-hydrogen) atoms. The Labute approximate surface area is 125 Å². The molecule has 1 fully saturated rings. The minimum atomic E-state index is -0.839. The van der Waals surface area contributed by atoms with Crippen LogP contribution in [0.5, 0.6) is 0 Å². The van der Waals surface area contributed by atoms with E-state index in [9.17, 15) is 8.78 Å². The van der Waals surface area contributed by atoms with Crippen LogP contribution in [0.4, 0.5) is 8.78 Å². The molecule has 0 saturated heterocycles. The van der Waals surface area contributed by atoms with E-state index in [1.807, 2.05) is 7.05 Å². The smallest absolute Gasteiger partial charge is 0.163 e. The van der Waals surface area contributed by atoms with Gasteiger partial charge < -0.3 is 15.5 Å². The first-order valence-corrected chi connectivity index (χ1v) is 7.41. The molecule has 3 nitrogen and oxygen atoms in total. The Morgan fingerprint density at radius 3 is 2.43 bits per heavy atom. The van der Waals surface area contributed by atoms with E-state index in [1.54, 1.807) is 6.07 Å². The van der Waals surface area contributed by atoms with Crippen LogP contribution >= 0.6 is 0 Å². The van der Waals surface area contributed by atoms with Gasteiger partial charge in [-0.2, -0.15) is 0 Å². The fourth-order valence-corrected chi connectivity index (χ4v) is 3.14. The molecule has 0 heterocycles. The number of nitrogens with zero attached hydrogens (tertiary/aromatic N) is 2. The van der Waals surface area contributed by atoms with Gasteiger partial charge >= 0.3 is 0 Å². The van der Waals surface area contributed by atoms with Crippen LogP contribution in [0.25, 0.3) is 0 Å². The molecule has 1 saturated carbocycles. The van der Waals surface area contributed by atoms with Gasteiger partial charge in [-0.05, 0) is 46.5 Å². The fraction of sp³-hybridized carbons (Fsp3) is 0.625. The van der Waals surface area contributed by atoms with Crippen LogP contribution in [0.2, 0.25) is 0 Å². The highest BCUT2D eigenvalue weighted by Gasteiger charge is 2.39. The van der Waals surface area contributed by atoms with Crippen LogP contribution in [-0.4, -0.2) is 49.6 Å². The average Bonchev–Trinajstić information content (AvgIpc) is 2.36. The first-order valence-electron chi connectivity index (χ1n) is 7.41. The number of hydrogen-bond acceptors (Lipinski definition) is 3. The molecule has 2 N–H and O–H groups in total. The first kappa shape index (κ1) is 16.3. The van der Waals surface area contributed by atoms with Crippen molar-refractivity contribution in [2.45, 2.75) is 30.8 Å². The topological polar surface area (TPSA) is 32.5 Å². The molecule has 1 aromatic rings. The van der Waals surface area contributed by atoms with E-state index in [-0.39, 0.29) is 11.1 Å². The van der Waals surface area contributed by atoms with Crippen molar-refractivity contribution in [3.63, 3.8) is 0 Å². The number of benzene rings is 1. The van der Waals surface area contributed by atoms with Gasteiger partial charge in [0.2, 0.25) is 0 Å². The Balaban J connectivity index is 1.99. The molecule has 1 aliphatic rings. The molecule has 1 aliphatic carbocycles. The molecule has 0 bridgehead atoms. The minimum absolute atomic E-state index is 0.203. The normalized spacial score (nSPS) is 18.9. The molecule has 0 spiro atoms. The van der Waals surface area contributed by atoms with Crippen LogP contribution < -0.4 is 5.73 Å². The van der Waals surface area contributed by atoms with Crippen molar-refractivity contribution < 1.29 is 8.78 Å². The number of hydrogen-bond donors (Lipinski definition) is 1. The number of likely N-dealkylation sites (N-methyl/N-ethyl adjacent to an activating group) is 2. The highest BCUT2D eigenvalue weighted by atomic mass is 19.2. The summed E-state index contributed by atoms with van der Waals surface area (Å²) in [6.45, 7) is 1.40. The predicted molar refractivity (Wildman–Crippen MR) is 81.1 cm³/mol. The van der Waals surface area contributed by atoms with E-state index in [1.165, 1.54) is 25.3 Å². The summed E-state index contributed by atoms with van der Waals surface area (Å²) < 4.78 is 27.0. The molecule has 1 unspecified atom stereocenters. The maximum Gasteiger partial charge on any atom is 0.163 e. The third kappa shape index (κ3) is 3.42. The van der Waals surface area contributed by atoms with Gasteiger partial charge in [-0.25, -0.2) is 8.78 Å². The largest absolute Gasteiger partial charge is 0.323 e. The van der Waals surface area contributed by atoms with Gasteiger partial charge in [0.1, 0.15) is 0 Å². The Kier molecular flexibility index (Phi) is 4.96. The average molecular weight is 297 g/mol. The summed E-state index contributed by atoms with van der Waals surface area (Å²) >= 11 is 0. The Morgan fingerprint density at radius 1 is 1.24 bits per heavy atom. The second kappa shape index (κ2) is 6.38. The molecule has 1 atom stereocenters. The lowest BCUT2D eigenvalue weighted by molar-refractivity contribution is 0.0264. The van der Waals surface area contributed by atoms with E-state index >= 15 is 0 Å². The van der Waals surface area contributed by atoms with E-state index in [0.717, 1.165) is 12.6 Å². The number of nitrogens with two attached hydrogens (primary N) is 1. The molecular formula is C16H25F2N3. The van der Waals surface area contributed by atoms with Gasteiger partial charge in [-0.3, -0.25) is 0 Å². The van der Waals surface area contributed by atoms with E-state index in [2.05, 4.69) is 23.9 Å². The van der Waals surface area contributed by atoms with Crippen molar-refractivity contribution in [1.82, 2.24) is 9.80 Å². The summed E-state index contributed by atoms with van der Waals surface area (Å²) in [6, 6.07) is 3.65. The fourth-order valence-electron chi connectivity index (χ4n) is 3.14. The van der Waals surface area contributed by atoms with Gasteiger partial charge in [0, 0.05) is 30.2 Å². The third-order valence-electron chi connectivity index (χ3n) is 4.69. The van der Waals surface area contributed by atoms with Crippen LogP contribution in [0, 0.1) is 11.6 Å². The molecule has 0 amide bonds. The van der Waals surface area contributed by atoms with Gasteiger partial charge in [0.25, 0.3) is 0 Å². The monoisotopic (exact) mass is 297 g/mol. The van der Waals surface area contributed by atoms with Crippen molar-refractivity contribution in [3.05, 3.63) is 35.4 Å². The second-order valence-electron chi connectivity index (χ2n) is 6.42. The molecule has 1 aromatic carbocycles. The van der Waals surface area contributed by atoms with Gasteiger partial charge in [-0.15, -0.1) is 0 Å². The SMILES string of the molecule is CN(CC(N)c1cccc(F)c1F)CC1(N(C)C)CCC1. The van der Waals surface area contributed by atoms with Crippen LogP contribution in [0.3, 0.4) is 0 Å². The summed E-state index contributed by atoms with van der Waals surface area (Å²) in [7, 11) is 6.18. The predicted octanol–water partition coefficient (Wildman–Crippen LogP) is 2.38. The highest BCUT2D eigenvalue weighted by Crippen LogP contribution is 2.36. The van der Waals surface area contributed by atoms with Crippen molar-refractivity contribution in [3.8, 4) is 0 Å². The molecule has 0 aliphatic heterocycles. The minimum Gasteiger partial charge on any atom is -0.323 e. The molecule has 118 valence electrons. The summed E-state index contributed by atoms with van der Waals surface area (Å²) in [5.41, 5.74) is 6.51. The summed E-state index contributed by atoms with van der Waals surface area (Å²) in [5.74, 6) is -1.67. The maximum absolute atomic E-state index is 13.8. The second-order valence-corrected chi connectivity index (χ2v) is 6.42. The molecule has 2 rings (SSSR count). The summed E-state index contributed by atoms with van der Waals surface area (Å²) in [5, 5.41) is 0. The molecule has 0 radical (unpaired) electrons. The van der Waals surface area contributed by atoms with Gasteiger partial charge in [0.15, 0.2) is 11.6 Å². The molecule has 0 aromatic heterocycles. The zero-order chi connectivity index (χ0) is 15.6. The lowest BCUT2D eigenvalue weighted by Crippen LogP contribution is -2.57. The van der Waals surface area contributed by atoms with Gasteiger partial charge in [0.05, 0.1) is 0 Å². The third-order valence-corrected chi connectivity index (χ3v) is 4.69. The lowest BCUT2D eigenvalue weighted by atomic mass is 9.75. The quantitative estimate of drug-likeness (QED) is 0.875. The van der Waals surface area contributed by atoms with Crippen LogP contribution in [0.1, 0.15) is 30.9 Å². The lowest BCUT2D eigenvalue weighted by Gasteiger charge is -2.49. The van der Waals surface area contributed by atoms with Crippen molar-refractivity contribution in [2.75, 3.05) is 34.2 Å². The van der Waals surface area contributed by atoms with Gasteiger partial charge in [-0.1, -0.05) is 12.1 Å². The number of rotatable bonds is 6. The van der Waals surface area contributed by atoms with E-state index in [0.29, 0.717) is 6.54 Å². The first-order chi connectivity index (χ1) is 9.85. The standard InChI is InChI=1S/C16H25F2N3/c1-20(2)16(8-5-9-16)11-21(3)10-14(19)12-6-4-7-13(17)15(12)18/h4,6-7,14H,5,8-11,19H2,1-3H3. The zero-order valence-electron chi connectivity index (χ0n) is 13.1. The highest BCUT2D eigenvalue weighted by molar-refractivity contribution is 5.22. The van der Waals surface area contributed by atoms with Crippen molar-refractivity contribution >= 4 is 0 Å². The summed E-state index contributed by atoms with van der Waals surface area (Å²) in [4.78, 5) is 4.38. The Morgan fingerprint density at radius 2 is 1.90 bits per heavy atom. The van der Waals surface area contributed by atoms with Crippen LogP contribution in [0.15, 0.2) is 18.2 Å². The number of halogens is 2. The summed E-state index contributed by atoms with van der Waals surface area (Å²) in [6.07, 6.45) is 3.60.